The van der Waals surface area contributed by atoms with E-state index < -0.39 is 0 Å². The molecule has 0 saturated carbocycles. The van der Waals surface area contributed by atoms with Crippen LogP contribution in [0.15, 0.2) is 0 Å². The molecule has 1 unspecified atom stereocenters. The Hall–Kier alpha value is -0.910. The quantitative estimate of drug-likeness (QED) is 0.857. The lowest BCUT2D eigenvalue weighted by atomic mass is 9.94. The molecule has 1 aliphatic heterocycles. The minimum absolute atomic E-state index is 0.266. The standard InChI is InChI=1S/C20H38N4O/c1-15(2)24-17(4)19(16(3)21-24)13-22-9-10-23(14-20(5,6)7)18(12-22)8-11-25/h15,18,25H,8-14H2,1-7H3. The molecule has 2 rings (SSSR count). The summed E-state index contributed by atoms with van der Waals surface area (Å²) in [5.41, 5.74) is 4.12. The Bertz CT molecular complexity index is 559. The van der Waals surface area contributed by atoms with E-state index in [9.17, 15) is 5.11 Å². The third-order valence-electron chi connectivity index (χ3n) is 5.17. The summed E-state index contributed by atoms with van der Waals surface area (Å²) < 4.78 is 2.14. The first kappa shape index (κ1) is 20.4. The molecule has 5 heteroatoms. The lowest BCUT2D eigenvalue weighted by Gasteiger charge is -2.44. The van der Waals surface area contributed by atoms with E-state index in [0.29, 0.717) is 17.5 Å². The van der Waals surface area contributed by atoms with E-state index in [4.69, 9.17) is 5.10 Å². The van der Waals surface area contributed by atoms with Gasteiger partial charge in [-0.15, -0.1) is 0 Å². The second-order valence-corrected chi connectivity index (χ2v) is 9.12. The molecule has 1 fully saturated rings. The van der Waals surface area contributed by atoms with E-state index in [1.807, 2.05) is 0 Å². The average molecular weight is 351 g/mol. The van der Waals surface area contributed by atoms with Gasteiger partial charge in [-0.3, -0.25) is 14.5 Å². The second-order valence-electron chi connectivity index (χ2n) is 9.12. The van der Waals surface area contributed by atoms with Crippen LogP contribution < -0.4 is 0 Å². The highest BCUT2D eigenvalue weighted by molar-refractivity contribution is 5.25. The van der Waals surface area contributed by atoms with E-state index in [-0.39, 0.29) is 6.61 Å². The number of rotatable bonds is 6. The highest BCUT2D eigenvalue weighted by atomic mass is 16.3. The lowest BCUT2D eigenvalue weighted by Crippen LogP contribution is -2.54. The van der Waals surface area contributed by atoms with Gasteiger partial charge < -0.3 is 5.11 Å². The van der Waals surface area contributed by atoms with Gasteiger partial charge >= 0.3 is 0 Å². The van der Waals surface area contributed by atoms with Crippen molar-refractivity contribution in [2.75, 3.05) is 32.8 Å². The zero-order chi connectivity index (χ0) is 18.8. The maximum absolute atomic E-state index is 9.50. The van der Waals surface area contributed by atoms with E-state index in [1.165, 1.54) is 11.3 Å². The number of piperazine rings is 1. The Morgan fingerprint density at radius 2 is 1.88 bits per heavy atom. The van der Waals surface area contributed by atoms with Gasteiger partial charge in [0.1, 0.15) is 0 Å². The van der Waals surface area contributed by atoms with Crippen molar-refractivity contribution in [2.24, 2.45) is 5.41 Å². The maximum Gasteiger partial charge on any atom is 0.0641 e. The van der Waals surface area contributed by atoms with Crippen molar-refractivity contribution >= 4 is 0 Å². The molecule has 0 aliphatic carbocycles. The van der Waals surface area contributed by atoms with Gasteiger partial charge in [0.25, 0.3) is 0 Å². The van der Waals surface area contributed by atoms with Crippen molar-refractivity contribution in [3.8, 4) is 0 Å². The molecule has 1 aromatic heterocycles. The molecular weight excluding hydrogens is 312 g/mol. The number of aromatic nitrogens is 2. The summed E-state index contributed by atoms with van der Waals surface area (Å²) in [5, 5.41) is 14.2. The second kappa shape index (κ2) is 8.19. The molecule has 0 amide bonds. The predicted octanol–water partition coefficient (Wildman–Crippen LogP) is 3.00. The normalized spacial score (nSPS) is 20.6. The summed E-state index contributed by atoms with van der Waals surface area (Å²) in [4.78, 5) is 5.12. The molecule has 0 radical (unpaired) electrons. The Kier molecular flexibility index (Phi) is 6.68. The van der Waals surface area contributed by atoms with E-state index in [1.54, 1.807) is 0 Å². The van der Waals surface area contributed by atoms with Gasteiger partial charge in [-0.05, 0) is 39.5 Å². The smallest absolute Gasteiger partial charge is 0.0641 e. The van der Waals surface area contributed by atoms with Gasteiger partial charge in [-0.25, -0.2) is 0 Å². The van der Waals surface area contributed by atoms with Crippen LogP contribution in [-0.2, 0) is 6.54 Å². The van der Waals surface area contributed by atoms with Gasteiger partial charge in [-0.1, -0.05) is 20.8 Å². The number of hydrogen-bond acceptors (Lipinski definition) is 4. The number of nitrogens with zero attached hydrogens (tertiary/aromatic N) is 4. The first-order chi connectivity index (χ1) is 11.6. The van der Waals surface area contributed by atoms with Crippen molar-refractivity contribution in [1.29, 1.82) is 0 Å². The van der Waals surface area contributed by atoms with Crippen molar-refractivity contribution in [2.45, 2.75) is 73.5 Å². The summed E-state index contributed by atoms with van der Waals surface area (Å²) in [5.74, 6) is 0. The predicted molar refractivity (Wildman–Crippen MR) is 104 cm³/mol. The molecule has 2 heterocycles. The van der Waals surface area contributed by atoms with Crippen LogP contribution in [0.5, 0.6) is 0 Å². The molecule has 1 aromatic rings. The van der Waals surface area contributed by atoms with Gasteiger partial charge in [0.2, 0.25) is 0 Å². The van der Waals surface area contributed by atoms with Crippen LogP contribution in [0.2, 0.25) is 0 Å². The third-order valence-corrected chi connectivity index (χ3v) is 5.17. The molecule has 0 spiro atoms. The topological polar surface area (TPSA) is 44.5 Å². The van der Waals surface area contributed by atoms with E-state index in [0.717, 1.165) is 44.8 Å². The fourth-order valence-corrected chi connectivity index (χ4v) is 3.99. The number of aliphatic hydroxyl groups is 1. The summed E-state index contributed by atoms with van der Waals surface area (Å²) in [6, 6.07) is 0.844. The fourth-order valence-electron chi connectivity index (χ4n) is 3.99. The van der Waals surface area contributed by atoms with Crippen molar-refractivity contribution < 1.29 is 5.11 Å². The summed E-state index contributed by atoms with van der Waals surface area (Å²) in [7, 11) is 0. The molecule has 5 nitrogen and oxygen atoms in total. The fraction of sp³-hybridized carbons (Fsp3) is 0.850. The Labute approximate surface area is 154 Å². The van der Waals surface area contributed by atoms with Crippen LogP contribution in [0.25, 0.3) is 0 Å². The molecule has 1 atom stereocenters. The van der Waals surface area contributed by atoms with Gasteiger partial charge in [0.05, 0.1) is 5.69 Å². The highest BCUT2D eigenvalue weighted by Gasteiger charge is 2.30. The summed E-state index contributed by atoms with van der Waals surface area (Å²) in [6.07, 6.45) is 0.857. The maximum atomic E-state index is 9.50. The largest absolute Gasteiger partial charge is 0.396 e. The SMILES string of the molecule is Cc1nn(C(C)C)c(C)c1CN1CCN(CC(C)(C)C)C(CCO)C1. The molecule has 0 bridgehead atoms. The van der Waals surface area contributed by atoms with Crippen LogP contribution in [-0.4, -0.2) is 63.5 Å². The number of aliphatic hydroxyl groups excluding tert-OH is 1. The van der Waals surface area contributed by atoms with Crippen LogP contribution in [0.3, 0.4) is 0 Å². The van der Waals surface area contributed by atoms with Crippen LogP contribution in [0.4, 0.5) is 0 Å². The minimum atomic E-state index is 0.266. The van der Waals surface area contributed by atoms with Gasteiger partial charge in [0, 0.05) is 62.7 Å². The third kappa shape index (κ3) is 5.28. The first-order valence-electron chi connectivity index (χ1n) is 9.74. The molecule has 144 valence electrons. The number of hydrogen-bond donors (Lipinski definition) is 1. The zero-order valence-electron chi connectivity index (χ0n) is 17.3. The molecule has 0 aromatic carbocycles. The average Bonchev–Trinajstić information content (AvgIpc) is 2.77. The molecular formula is C20H38N4O. The summed E-state index contributed by atoms with van der Waals surface area (Å²) >= 11 is 0. The van der Waals surface area contributed by atoms with Gasteiger partial charge in [0.15, 0.2) is 0 Å². The monoisotopic (exact) mass is 350 g/mol. The zero-order valence-corrected chi connectivity index (χ0v) is 17.3. The van der Waals surface area contributed by atoms with Crippen molar-refractivity contribution in [3.63, 3.8) is 0 Å². The van der Waals surface area contributed by atoms with Crippen LogP contribution in [0, 0.1) is 19.3 Å². The minimum Gasteiger partial charge on any atom is -0.396 e. The van der Waals surface area contributed by atoms with Gasteiger partial charge in [-0.2, -0.15) is 5.10 Å². The summed E-state index contributed by atoms with van der Waals surface area (Å²) in [6.45, 7) is 21.1. The van der Waals surface area contributed by atoms with Crippen molar-refractivity contribution in [1.82, 2.24) is 19.6 Å². The lowest BCUT2D eigenvalue weighted by molar-refractivity contribution is 0.0338. The van der Waals surface area contributed by atoms with Crippen LogP contribution in [0.1, 0.15) is 64.0 Å². The first-order valence-corrected chi connectivity index (χ1v) is 9.74. The van der Waals surface area contributed by atoms with Crippen molar-refractivity contribution in [3.05, 3.63) is 17.0 Å². The number of aryl methyl sites for hydroxylation is 1. The Morgan fingerprint density at radius 3 is 2.40 bits per heavy atom. The molecule has 1 aliphatic rings. The highest BCUT2D eigenvalue weighted by Crippen LogP contribution is 2.24. The Balaban J connectivity index is 2.08. The molecule has 1 N–H and O–H groups in total. The van der Waals surface area contributed by atoms with E-state index >= 15 is 0 Å². The Morgan fingerprint density at radius 1 is 1.20 bits per heavy atom. The van der Waals surface area contributed by atoms with E-state index in [2.05, 4.69) is 62.9 Å². The molecule has 1 saturated heterocycles. The van der Waals surface area contributed by atoms with Crippen LogP contribution >= 0.6 is 0 Å². The molecule has 25 heavy (non-hydrogen) atoms.